The largest absolute Gasteiger partial charge is 0.487 e. The lowest BCUT2D eigenvalue weighted by Gasteiger charge is -2.11. The molecule has 2 rings (SSSR count). The van der Waals surface area contributed by atoms with Crippen molar-refractivity contribution in [2.75, 3.05) is 0 Å². The third kappa shape index (κ3) is 3.11. The minimum absolute atomic E-state index is 0.247. The lowest BCUT2D eigenvalue weighted by Crippen LogP contribution is -2.01. The molecule has 3 nitrogen and oxygen atoms in total. The highest BCUT2D eigenvalue weighted by Gasteiger charge is 2.08. The minimum atomic E-state index is -0.948. The number of hydrogen-bond acceptors (Lipinski definition) is 2. The van der Waals surface area contributed by atoms with Crippen LogP contribution in [0.25, 0.3) is 0 Å². The maximum atomic E-state index is 10.9. The molecule has 0 aliphatic rings. The Kier molecular flexibility index (Phi) is 4.30. The fourth-order valence-electron chi connectivity index (χ4n) is 1.82. The minimum Gasteiger partial charge on any atom is -0.487 e. The van der Waals surface area contributed by atoms with Crippen molar-refractivity contribution in [2.45, 2.75) is 20.5 Å². The van der Waals surface area contributed by atoms with Gasteiger partial charge in [-0.1, -0.05) is 29.8 Å². The maximum absolute atomic E-state index is 10.9. The van der Waals surface area contributed by atoms with Crippen molar-refractivity contribution in [3.63, 3.8) is 0 Å². The normalized spacial score (nSPS) is 10.3. The molecule has 1 N–H and O–H groups in total. The van der Waals surface area contributed by atoms with Crippen LogP contribution in [0.2, 0.25) is 5.02 Å². The number of halogens is 1. The summed E-state index contributed by atoms with van der Waals surface area (Å²) in [5.74, 6) is -0.341. The average molecular weight is 291 g/mol. The van der Waals surface area contributed by atoms with Crippen LogP contribution in [-0.4, -0.2) is 11.1 Å². The van der Waals surface area contributed by atoms with Gasteiger partial charge in [-0.2, -0.15) is 0 Å². The number of hydrogen-bond donors (Lipinski definition) is 1. The second-order valence-corrected chi connectivity index (χ2v) is 4.99. The van der Waals surface area contributed by atoms with Crippen molar-refractivity contribution in [3.8, 4) is 5.75 Å². The van der Waals surface area contributed by atoms with Crippen LogP contribution in [0.3, 0.4) is 0 Å². The molecule has 0 radical (unpaired) electrons. The summed E-state index contributed by atoms with van der Waals surface area (Å²) in [7, 11) is 0. The molecule has 0 unspecified atom stereocenters. The molecular weight excluding hydrogens is 276 g/mol. The molecule has 0 spiro atoms. The third-order valence-corrected chi connectivity index (χ3v) is 3.66. The van der Waals surface area contributed by atoms with Gasteiger partial charge in [0.05, 0.1) is 10.6 Å². The predicted octanol–water partition coefficient (Wildman–Crippen LogP) is 4.23. The van der Waals surface area contributed by atoms with Crippen LogP contribution in [0.5, 0.6) is 5.75 Å². The van der Waals surface area contributed by atoms with Gasteiger partial charge in [-0.25, -0.2) is 4.79 Å². The van der Waals surface area contributed by atoms with Crippen molar-refractivity contribution in [2.24, 2.45) is 0 Å². The Morgan fingerprint density at radius 2 is 2.00 bits per heavy atom. The van der Waals surface area contributed by atoms with E-state index in [1.54, 1.807) is 18.2 Å². The molecule has 0 saturated heterocycles. The van der Waals surface area contributed by atoms with Gasteiger partial charge in [-0.3, -0.25) is 0 Å². The summed E-state index contributed by atoms with van der Waals surface area (Å²) in [5, 5.41) is 9.54. The predicted molar refractivity (Wildman–Crippen MR) is 78.7 cm³/mol. The van der Waals surface area contributed by atoms with E-state index in [1.807, 2.05) is 32.0 Å². The number of carbonyl (C=O) groups is 1. The van der Waals surface area contributed by atoms with E-state index >= 15 is 0 Å². The zero-order chi connectivity index (χ0) is 14.7. The second kappa shape index (κ2) is 5.97. The maximum Gasteiger partial charge on any atom is 0.335 e. The van der Waals surface area contributed by atoms with E-state index in [4.69, 9.17) is 21.4 Å². The molecule has 4 heteroatoms. The summed E-state index contributed by atoms with van der Waals surface area (Å²) >= 11 is 6.23. The second-order valence-electron chi connectivity index (χ2n) is 4.61. The van der Waals surface area contributed by atoms with Crippen LogP contribution in [0, 0.1) is 13.8 Å². The standard InChI is InChI=1S/C16H15ClO3/c1-10-6-7-14(15(17)11(10)2)20-9-12-4-3-5-13(8-12)16(18)19/h3-8H,9H2,1-2H3,(H,18,19). The van der Waals surface area contributed by atoms with Crippen LogP contribution >= 0.6 is 11.6 Å². The van der Waals surface area contributed by atoms with Crippen molar-refractivity contribution < 1.29 is 14.6 Å². The van der Waals surface area contributed by atoms with E-state index < -0.39 is 5.97 Å². The fourth-order valence-corrected chi connectivity index (χ4v) is 2.09. The molecule has 0 aromatic heterocycles. The highest BCUT2D eigenvalue weighted by Crippen LogP contribution is 2.30. The summed E-state index contributed by atoms with van der Waals surface area (Å²) in [4.78, 5) is 10.9. The van der Waals surface area contributed by atoms with Gasteiger partial charge in [-0.15, -0.1) is 0 Å². The van der Waals surface area contributed by atoms with E-state index in [1.165, 1.54) is 0 Å². The molecule has 20 heavy (non-hydrogen) atoms. The zero-order valence-corrected chi connectivity index (χ0v) is 12.1. The SMILES string of the molecule is Cc1ccc(OCc2cccc(C(=O)O)c2)c(Cl)c1C. The molecule has 0 aliphatic heterocycles. The fraction of sp³-hybridized carbons (Fsp3) is 0.188. The van der Waals surface area contributed by atoms with E-state index in [2.05, 4.69) is 0 Å². The summed E-state index contributed by atoms with van der Waals surface area (Å²) in [5.41, 5.74) is 3.13. The first-order valence-corrected chi connectivity index (χ1v) is 6.57. The number of rotatable bonds is 4. The van der Waals surface area contributed by atoms with Crippen LogP contribution < -0.4 is 4.74 Å². The number of carboxylic acid groups (broad SMARTS) is 1. The summed E-state index contributed by atoms with van der Waals surface area (Å²) in [6.07, 6.45) is 0. The van der Waals surface area contributed by atoms with Gasteiger partial charge < -0.3 is 9.84 Å². The molecule has 0 bridgehead atoms. The van der Waals surface area contributed by atoms with Crippen LogP contribution in [-0.2, 0) is 6.61 Å². The lowest BCUT2D eigenvalue weighted by atomic mass is 10.1. The van der Waals surface area contributed by atoms with E-state index in [-0.39, 0.29) is 12.2 Å². The number of ether oxygens (including phenoxy) is 1. The van der Waals surface area contributed by atoms with E-state index in [0.29, 0.717) is 10.8 Å². The first kappa shape index (κ1) is 14.4. The molecule has 0 aliphatic carbocycles. The monoisotopic (exact) mass is 290 g/mol. The molecule has 0 atom stereocenters. The van der Waals surface area contributed by atoms with Gasteiger partial charge >= 0.3 is 5.97 Å². The summed E-state index contributed by atoms with van der Waals surface area (Å²) < 4.78 is 5.67. The van der Waals surface area contributed by atoms with Gasteiger partial charge in [-0.05, 0) is 48.7 Å². The number of aryl methyl sites for hydroxylation is 1. The molecule has 2 aromatic rings. The van der Waals surface area contributed by atoms with Crippen molar-refractivity contribution >= 4 is 17.6 Å². The highest BCUT2D eigenvalue weighted by atomic mass is 35.5. The Balaban J connectivity index is 2.15. The van der Waals surface area contributed by atoms with Crippen molar-refractivity contribution in [1.29, 1.82) is 0 Å². The Morgan fingerprint density at radius 1 is 1.25 bits per heavy atom. The van der Waals surface area contributed by atoms with Gasteiger partial charge in [0, 0.05) is 0 Å². The molecule has 0 saturated carbocycles. The van der Waals surface area contributed by atoms with Gasteiger partial charge in [0.1, 0.15) is 12.4 Å². The third-order valence-electron chi connectivity index (χ3n) is 3.19. The topological polar surface area (TPSA) is 46.5 Å². The Labute approximate surface area is 122 Å². The summed E-state index contributed by atoms with van der Waals surface area (Å²) in [6, 6.07) is 10.4. The Morgan fingerprint density at radius 3 is 2.70 bits per heavy atom. The summed E-state index contributed by atoms with van der Waals surface area (Å²) in [6.45, 7) is 4.21. The number of benzene rings is 2. The van der Waals surface area contributed by atoms with E-state index in [9.17, 15) is 4.79 Å². The van der Waals surface area contributed by atoms with Gasteiger partial charge in [0.25, 0.3) is 0 Å². The van der Waals surface area contributed by atoms with Crippen LogP contribution in [0.1, 0.15) is 27.0 Å². The molecule has 0 fully saturated rings. The molecule has 0 amide bonds. The quantitative estimate of drug-likeness (QED) is 0.916. The molecule has 104 valence electrons. The van der Waals surface area contributed by atoms with Gasteiger partial charge in [0.2, 0.25) is 0 Å². The van der Waals surface area contributed by atoms with Crippen LogP contribution in [0.4, 0.5) is 0 Å². The molecule has 0 heterocycles. The first-order chi connectivity index (χ1) is 9.49. The molecular formula is C16H15ClO3. The van der Waals surface area contributed by atoms with E-state index in [0.717, 1.165) is 16.7 Å². The molecule has 2 aromatic carbocycles. The van der Waals surface area contributed by atoms with Crippen LogP contribution in [0.15, 0.2) is 36.4 Å². The number of carboxylic acids is 1. The highest BCUT2D eigenvalue weighted by molar-refractivity contribution is 6.32. The van der Waals surface area contributed by atoms with Crippen molar-refractivity contribution in [1.82, 2.24) is 0 Å². The average Bonchev–Trinajstić information content (AvgIpc) is 2.44. The first-order valence-electron chi connectivity index (χ1n) is 6.20. The Bertz CT molecular complexity index is 650. The zero-order valence-electron chi connectivity index (χ0n) is 11.3. The van der Waals surface area contributed by atoms with Crippen molar-refractivity contribution in [3.05, 3.63) is 63.7 Å². The van der Waals surface area contributed by atoms with Gasteiger partial charge in [0.15, 0.2) is 0 Å². The smallest absolute Gasteiger partial charge is 0.335 e. The Hall–Kier alpha value is -2.00. The number of aromatic carboxylic acids is 1. The lowest BCUT2D eigenvalue weighted by molar-refractivity contribution is 0.0696.